The molecule has 0 aromatic heterocycles. The Hall–Kier alpha value is -1.59. The highest BCUT2D eigenvalue weighted by Crippen LogP contribution is 2.28. The number of carbonyl (C=O) groups excluding carboxylic acids is 1. The highest BCUT2D eigenvalue weighted by Gasteiger charge is 2.30. The third-order valence-corrected chi connectivity index (χ3v) is 4.31. The highest BCUT2D eigenvalue weighted by atomic mass is 16.6. The summed E-state index contributed by atoms with van der Waals surface area (Å²) >= 11 is 0. The SMILES string of the molecule is CC(C)(C)OC(=O)NC[C@@H]1CCCCN1[C@@H](CO)c1ccccc1. The lowest BCUT2D eigenvalue weighted by Gasteiger charge is -2.41. The predicted octanol–water partition coefficient (Wildman–Crippen LogP) is 3.10. The Morgan fingerprint density at radius 2 is 2.04 bits per heavy atom. The monoisotopic (exact) mass is 334 g/mol. The van der Waals surface area contributed by atoms with Crippen molar-refractivity contribution in [3.63, 3.8) is 0 Å². The van der Waals surface area contributed by atoms with E-state index in [1.165, 1.54) is 0 Å². The fourth-order valence-corrected chi connectivity index (χ4v) is 3.24. The number of aliphatic hydroxyl groups excluding tert-OH is 1. The number of alkyl carbamates (subject to hydrolysis) is 1. The Bertz CT molecular complexity index is 513. The van der Waals surface area contributed by atoms with Gasteiger partial charge in [0, 0.05) is 12.6 Å². The van der Waals surface area contributed by atoms with Crippen LogP contribution in [0.2, 0.25) is 0 Å². The van der Waals surface area contributed by atoms with Gasteiger partial charge in [0.15, 0.2) is 0 Å². The molecule has 1 amide bonds. The van der Waals surface area contributed by atoms with E-state index in [1.807, 2.05) is 51.1 Å². The van der Waals surface area contributed by atoms with E-state index in [-0.39, 0.29) is 24.8 Å². The Morgan fingerprint density at radius 3 is 2.67 bits per heavy atom. The van der Waals surface area contributed by atoms with Crippen molar-refractivity contribution in [3.05, 3.63) is 35.9 Å². The van der Waals surface area contributed by atoms with Crippen molar-refractivity contribution in [3.8, 4) is 0 Å². The summed E-state index contributed by atoms with van der Waals surface area (Å²) in [7, 11) is 0. The molecule has 0 unspecified atom stereocenters. The van der Waals surface area contributed by atoms with E-state index >= 15 is 0 Å². The van der Waals surface area contributed by atoms with Crippen molar-refractivity contribution >= 4 is 6.09 Å². The summed E-state index contributed by atoms with van der Waals surface area (Å²) in [5.74, 6) is 0. The third-order valence-electron chi connectivity index (χ3n) is 4.31. The molecule has 5 nitrogen and oxygen atoms in total. The lowest BCUT2D eigenvalue weighted by atomic mass is 9.96. The van der Waals surface area contributed by atoms with E-state index in [9.17, 15) is 9.90 Å². The molecule has 5 heteroatoms. The first-order valence-corrected chi connectivity index (χ1v) is 8.79. The zero-order valence-corrected chi connectivity index (χ0v) is 15.0. The van der Waals surface area contributed by atoms with Gasteiger partial charge in [-0.25, -0.2) is 4.79 Å². The molecule has 2 atom stereocenters. The van der Waals surface area contributed by atoms with E-state index in [2.05, 4.69) is 10.2 Å². The summed E-state index contributed by atoms with van der Waals surface area (Å²) in [4.78, 5) is 14.2. The first-order chi connectivity index (χ1) is 11.4. The van der Waals surface area contributed by atoms with Crippen LogP contribution >= 0.6 is 0 Å². The van der Waals surface area contributed by atoms with Gasteiger partial charge in [-0.3, -0.25) is 4.90 Å². The lowest BCUT2D eigenvalue weighted by molar-refractivity contribution is 0.0396. The topological polar surface area (TPSA) is 61.8 Å². The Labute approximate surface area is 145 Å². The van der Waals surface area contributed by atoms with Crippen LogP contribution in [0, 0.1) is 0 Å². The second-order valence-electron chi connectivity index (χ2n) is 7.38. The second-order valence-corrected chi connectivity index (χ2v) is 7.38. The number of hydrogen-bond acceptors (Lipinski definition) is 4. The molecule has 1 aromatic rings. The fraction of sp³-hybridized carbons (Fsp3) is 0.632. The number of aliphatic hydroxyl groups is 1. The van der Waals surface area contributed by atoms with Crippen LogP contribution in [-0.4, -0.2) is 47.4 Å². The average molecular weight is 334 g/mol. The van der Waals surface area contributed by atoms with Crippen LogP contribution in [0.25, 0.3) is 0 Å². The summed E-state index contributed by atoms with van der Waals surface area (Å²) < 4.78 is 5.32. The van der Waals surface area contributed by atoms with Gasteiger partial charge < -0.3 is 15.2 Å². The molecular weight excluding hydrogens is 304 g/mol. The van der Waals surface area contributed by atoms with Crippen molar-refractivity contribution in [1.29, 1.82) is 0 Å². The largest absolute Gasteiger partial charge is 0.444 e. The lowest BCUT2D eigenvalue weighted by Crippen LogP contribution is -2.49. The van der Waals surface area contributed by atoms with Gasteiger partial charge in [0.1, 0.15) is 5.60 Å². The smallest absolute Gasteiger partial charge is 0.407 e. The van der Waals surface area contributed by atoms with Crippen LogP contribution in [0.1, 0.15) is 51.6 Å². The first kappa shape index (κ1) is 18.7. The van der Waals surface area contributed by atoms with Gasteiger partial charge in [0.2, 0.25) is 0 Å². The molecule has 2 rings (SSSR count). The van der Waals surface area contributed by atoms with Crippen LogP contribution < -0.4 is 5.32 Å². The van der Waals surface area contributed by atoms with Crippen molar-refractivity contribution in [2.24, 2.45) is 0 Å². The molecule has 1 aliphatic heterocycles. The first-order valence-electron chi connectivity index (χ1n) is 8.79. The highest BCUT2D eigenvalue weighted by molar-refractivity contribution is 5.67. The number of amides is 1. The molecule has 1 aromatic carbocycles. The molecule has 0 radical (unpaired) electrons. The number of ether oxygens (including phenoxy) is 1. The summed E-state index contributed by atoms with van der Waals surface area (Å²) in [6.07, 6.45) is 2.89. The molecule has 134 valence electrons. The number of nitrogens with zero attached hydrogens (tertiary/aromatic N) is 1. The normalized spacial score (nSPS) is 20.4. The minimum atomic E-state index is -0.492. The molecular formula is C19H30N2O3. The second kappa shape index (κ2) is 8.49. The minimum Gasteiger partial charge on any atom is -0.444 e. The van der Waals surface area contributed by atoms with E-state index in [1.54, 1.807) is 0 Å². The van der Waals surface area contributed by atoms with Gasteiger partial charge in [0.05, 0.1) is 12.6 Å². The van der Waals surface area contributed by atoms with Gasteiger partial charge in [-0.05, 0) is 45.7 Å². The van der Waals surface area contributed by atoms with Crippen LogP contribution in [-0.2, 0) is 4.74 Å². The van der Waals surface area contributed by atoms with Crippen LogP contribution in [0.15, 0.2) is 30.3 Å². The van der Waals surface area contributed by atoms with Gasteiger partial charge >= 0.3 is 6.09 Å². The molecule has 2 N–H and O–H groups in total. The van der Waals surface area contributed by atoms with Crippen molar-refractivity contribution in [2.75, 3.05) is 19.7 Å². The molecule has 24 heavy (non-hydrogen) atoms. The van der Waals surface area contributed by atoms with Crippen LogP contribution in [0.3, 0.4) is 0 Å². The van der Waals surface area contributed by atoms with E-state index < -0.39 is 5.60 Å². The summed E-state index contributed by atoms with van der Waals surface area (Å²) in [6.45, 7) is 7.12. The molecule has 1 fully saturated rings. The summed E-state index contributed by atoms with van der Waals surface area (Å²) in [5.41, 5.74) is 0.623. The Morgan fingerprint density at radius 1 is 1.33 bits per heavy atom. The molecule has 0 saturated carbocycles. The maximum atomic E-state index is 11.9. The molecule has 1 heterocycles. The molecule has 1 saturated heterocycles. The Kier molecular flexibility index (Phi) is 6.63. The molecule has 0 aliphatic carbocycles. The number of rotatable bonds is 5. The maximum Gasteiger partial charge on any atom is 0.407 e. The van der Waals surface area contributed by atoms with E-state index in [4.69, 9.17) is 4.74 Å². The summed E-state index contributed by atoms with van der Waals surface area (Å²) in [6, 6.07) is 10.3. The van der Waals surface area contributed by atoms with Gasteiger partial charge in [-0.15, -0.1) is 0 Å². The van der Waals surface area contributed by atoms with Gasteiger partial charge in [0.25, 0.3) is 0 Å². The van der Waals surface area contributed by atoms with Crippen molar-refractivity contribution in [2.45, 2.75) is 57.7 Å². The summed E-state index contributed by atoms with van der Waals surface area (Å²) in [5, 5.41) is 12.8. The average Bonchev–Trinajstić information content (AvgIpc) is 2.54. The van der Waals surface area contributed by atoms with Crippen molar-refractivity contribution in [1.82, 2.24) is 10.2 Å². The number of carbonyl (C=O) groups is 1. The number of hydrogen-bond donors (Lipinski definition) is 2. The van der Waals surface area contributed by atoms with E-state index in [0.717, 1.165) is 31.4 Å². The molecule has 0 spiro atoms. The number of likely N-dealkylation sites (tertiary alicyclic amines) is 1. The Balaban J connectivity index is 2.00. The quantitative estimate of drug-likeness (QED) is 0.868. The van der Waals surface area contributed by atoms with Crippen LogP contribution in [0.5, 0.6) is 0 Å². The molecule has 1 aliphatic rings. The zero-order valence-electron chi connectivity index (χ0n) is 15.0. The number of piperidine rings is 1. The standard InChI is InChI=1S/C19H30N2O3/c1-19(2,3)24-18(23)20-13-16-11-7-8-12-21(16)17(14-22)15-9-5-4-6-10-15/h4-6,9-10,16-17,22H,7-8,11-14H2,1-3H3,(H,20,23)/t16-,17-/m0/s1. The zero-order chi connectivity index (χ0) is 17.6. The third kappa shape index (κ3) is 5.49. The predicted molar refractivity (Wildman–Crippen MR) is 94.9 cm³/mol. The van der Waals surface area contributed by atoms with E-state index in [0.29, 0.717) is 6.54 Å². The number of benzene rings is 1. The number of nitrogens with one attached hydrogen (secondary N) is 1. The maximum absolute atomic E-state index is 11.9. The van der Waals surface area contributed by atoms with Gasteiger partial charge in [-0.2, -0.15) is 0 Å². The fourth-order valence-electron chi connectivity index (χ4n) is 3.24. The minimum absolute atomic E-state index is 0.0306. The van der Waals surface area contributed by atoms with Crippen LogP contribution in [0.4, 0.5) is 4.79 Å². The van der Waals surface area contributed by atoms with Gasteiger partial charge in [-0.1, -0.05) is 36.8 Å². The van der Waals surface area contributed by atoms with Crippen molar-refractivity contribution < 1.29 is 14.6 Å². The molecule has 0 bridgehead atoms.